The second kappa shape index (κ2) is 18.4. The zero-order valence-electron chi connectivity index (χ0n) is 21.5. The number of hydrogen-bond acceptors (Lipinski definition) is 3. The summed E-state index contributed by atoms with van der Waals surface area (Å²) in [6.07, 6.45) is 18.7. The molecule has 0 atom stereocenters. The van der Waals surface area contributed by atoms with Crippen LogP contribution in [0.4, 0.5) is 11.4 Å². The van der Waals surface area contributed by atoms with E-state index in [1.54, 1.807) is 0 Å². The van der Waals surface area contributed by atoms with Crippen LogP contribution in [0.25, 0.3) is 0 Å². The first kappa shape index (κ1) is 27.2. The Labute approximate surface area is 204 Å². The molecule has 0 bridgehead atoms. The summed E-state index contributed by atoms with van der Waals surface area (Å²) >= 11 is 0. The largest absolute Gasteiger partial charge is 0.291 e. The van der Waals surface area contributed by atoms with Crippen molar-refractivity contribution < 1.29 is 0 Å². The van der Waals surface area contributed by atoms with Gasteiger partial charge >= 0.3 is 0 Å². The molecule has 2 aromatic rings. The molecule has 0 radical (unpaired) electrons. The number of anilines is 2. The predicted octanol–water partition coefficient (Wildman–Crippen LogP) is 8.92. The van der Waals surface area contributed by atoms with Crippen molar-refractivity contribution in [3.63, 3.8) is 0 Å². The average Bonchev–Trinajstić information content (AvgIpc) is 2.87. The van der Waals surface area contributed by atoms with Crippen LogP contribution in [0.2, 0.25) is 0 Å². The van der Waals surface area contributed by atoms with Crippen molar-refractivity contribution in [2.45, 2.75) is 104 Å². The molecule has 1 N–H and O–H groups in total. The summed E-state index contributed by atoms with van der Waals surface area (Å²) in [4.78, 5) is 0. The molecule has 0 saturated carbocycles. The van der Waals surface area contributed by atoms with Gasteiger partial charge in [-0.3, -0.25) is 10.0 Å². The van der Waals surface area contributed by atoms with Gasteiger partial charge in [0.2, 0.25) is 0 Å². The second-order valence-corrected chi connectivity index (χ2v) is 9.32. The van der Waals surface area contributed by atoms with E-state index in [9.17, 15) is 0 Å². The van der Waals surface area contributed by atoms with Crippen LogP contribution in [-0.2, 0) is 0 Å². The van der Waals surface area contributed by atoms with E-state index in [4.69, 9.17) is 0 Å². The van der Waals surface area contributed by atoms with E-state index in [2.05, 4.69) is 90.1 Å². The minimum atomic E-state index is 1.03. The summed E-state index contributed by atoms with van der Waals surface area (Å²) in [5.74, 6) is 0. The molecule has 0 unspecified atom stereocenters. The Morgan fingerprint density at radius 1 is 0.455 bits per heavy atom. The molecule has 0 heterocycles. The monoisotopic (exact) mass is 451 g/mol. The number of rotatable bonds is 20. The molecule has 0 amide bonds. The van der Waals surface area contributed by atoms with E-state index < -0.39 is 0 Å². The number of benzene rings is 2. The van der Waals surface area contributed by atoms with Gasteiger partial charge in [0.1, 0.15) is 0 Å². The van der Waals surface area contributed by atoms with E-state index in [1.165, 1.54) is 101 Å². The molecule has 33 heavy (non-hydrogen) atoms. The Kier molecular flexibility index (Phi) is 15.2. The van der Waals surface area contributed by atoms with Crippen LogP contribution in [0.5, 0.6) is 0 Å². The fourth-order valence-corrected chi connectivity index (χ4v) is 4.29. The van der Waals surface area contributed by atoms with Gasteiger partial charge in [0.25, 0.3) is 0 Å². The van der Waals surface area contributed by atoms with E-state index in [1.807, 2.05) is 0 Å². The molecule has 0 aliphatic rings. The van der Waals surface area contributed by atoms with Crippen molar-refractivity contribution >= 4 is 11.4 Å². The van der Waals surface area contributed by atoms with Gasteiger partial charge in [-0.15, -0.1) is 5.53 Å². The number of nitrogens with one attached hydrogen (secondary N) is 1. The summed E-state index contributed by atoms with van der Waals surface area (Å²) in [5, 5.41) is 4.70. The summed E-state index contributed by atoms with van der Waals surface area (Å²) < 4.78 is 0. The highest BCUT2D eigenvalue weighted by Crippen LogP contribution is 2.18. The minimum Gasteiger partial charge on any atom is -0.291 e. The van der Waals surface area contributed by atoms with Crippen molar-refractivity contribution in [3.8, 4) is 0 Å². The van der Waals surface area contributed by atoms with Crippen molar-refractivity contribution in [1.82, 2.24) is 5.53 Å². The molecule has 0 aromatic heterocycles. The topological polar surface area (TPSA) is 18.5 Å². The molecule has 0 fully saturated rings. The van der Waals surface area contributed by atoms with Crippen LogP contribution in [0.15, 0.2) is 60.7 Å². The molecule has 0 aliphatic heterocycles. The van der Waals surface area contributed by atoms with Crippen LogP contribution in [0, 0.1) is 0 Å². The fourth-order valence-electron chi connectivity index (χ4n) is 4.29. The summed E-state index contributed by atoms with van der Waals surface area (Å²) in [6, 6.07) is 21.6. The van der Waals surface area contributed by atoms with Crippen LogP contribution >= 0.6 is 0 Å². The molecule has 0 saturated heterocycles. The average molecular weight is 452 g/mol. The number of nitrogens with zero attached hydrogens (tertiary/aromatic N) is 2. The first-order valence-electron chi connectivity index (χ1n) is 13.8. The molecular weight excluding hydrogens is 402 g/mol. The lowest BCUT2D eigenvalue weighted by atomic mass is 10.1. The van der Waals surface area contributed by atoms with Crippen LogP contribution in [-0.4, -0.2) is 13.1 Å². The lowest BCUT2D eigenvalue weighted by molar-refractivity contribution is 0.518. The van der Waals surface area contributed by atoms with E-state index in [0.717, 1.165) is 13.1 Å². The third kappa shape index (κ3) is 12.1. The second-order valence-electron chi connectivity index (χ2n) is 9.32. The van der Waals surface area contributed by atoms with Crippen molar-refractivity contribution in [3.05, 3.63) is 60.7 Å². The lowest BCUT2D eigenvalue weighted by Crippen LogP contribution is -2.51. The van der Waals surface area contributed by atoms with Crippen molar-refractivity contribution in [2.75, 3.05) is 23.1 Å². The van der Waals surface area contributed by atoms with E-state index >= 15 is 0 Å². The number of hydrogen-bond donors (Lipinski definition) is 1. The molecule has 0 spiro atoms. The van der Waals surface area contributed by atoms with Gasteiger partial charge in [0.05, 0.1) is 11.4 Å². The van der Waals surface area contributed by atoms with Crippen LogP contribution in [0.1, 0.15) is 104 Å². The molecule has 3 heteroatoms. The smallest absolute Gasteiger partial charge is 0.0537 e. The van der Waals surface area contributed by atoms with E-state index in [0.29, 0.717) is 0 Å². The molecule has 2 rings (SSSR count). The van der Waals surface area contributed by atoms with Gasteiger partial charge < -0.3 is 0 Å². The highest BCUT2D eigenvalue weighted by atomic mass is 15.7. The Hall–Kier alpha value is -2.00. The van der Waals surface area contributed by atoms with Crippen LogP contribution in [0.3, 0.4) is 0 Å². The summed E-state index contributed by atoms with van der Waals surface area (Å²) in [6.45, 7) is 6.62. The molecule has 184 valence electrons. The Balaban J connectivity index is 1.92. The van der Waals surface area contributed by atoms with Gasteiger partial charge in [-0.1, -0.05) is 127 Å². The highest BCUT2D eigenvalue weighted by molar-refractivity contribution is 5.49. The third-order valence-electron chi connectivity index (χ3n) is 6.35. The summed E-state index contributed by atoms with van der Waals surface area (Å²) in [5.41, 5.74) is 6.26. The number of hydrazine groups is 2. The normalized spacial score (nSPS) is 11.0. The van der Waals surface area contributed by atoms with E-state index in [-0.39, 0.29) is 0 Å². The minimum absolute atomic E-state index is 1.03. The van der Waals surface area contributed by atoms with Gasteiger partial charge in [0, 0.05) is 13.1 Å². The Morgan fingerprint density at radius 2 is 0.788 bits per heavy atom. The van der Waals surface area contributed by atoms with Crippen molar-refractivity contribution in [1.29, 1.82) is 0 Å². The quantitative estimate of drug-likeness (QED) is 0.160. The Bertz CT molecular complexity index is 614. The van der Waals surface area contributed by atoms with Gasteiger partial charge in [0.15, 0.2) is 0 Å². The Morgan fingerprint density at radius 3 is 1.15 bits per heavy atom. The zero-order chi connectivity index (χ0) is 23.4. The fraction of sp³-hybridized carbons (Fsp3) is 0.600. The highest BCUT2D eigenvalue weighted by Gasteiger charge is 2.12. The first-order valence-corrected chi connectivity index (χ1v) is 13.8. The predicted molar refractivity (Wildman–Crippen MR) is 147 cm³/mol. The van der Waals surface area contributed by atoms with Gasteiger partial charge in [-0.25, -0.2) is 0 Å². The maximum Gasteiger partial charge on any atom is 0.0537 e. The third-order valence-corrected chi connectivity index (χ3v) is 6.35. The summed E-state index contributed by atoms with van der Waals surface area (Å²) in [7, 11) is 0. The maximum atomic E-state index is 3.78. The van der Waals surface area contributed by atoms with Gasteiger partial charge in [-0.2, -0.15) is 0 Å². The molecule has 2 aromatic carbocycles. The van der Waals surface area contributed by atoms with Crippen molar-refractivity contribution in [2.24, 2.45) is 0 Å². The lowest BCUT2D eigenvalue weighted by Gasteiger charge is -2.34. The number of para-hydroxylation sites is 2. The van der Waals surface area contributed by atoms with Crippen LogP contribution < -0.4 is 15.6 Å². The maximum absolute atomic E-state index is 3.78. The standard InChI is InChI=1S/C30H49N3/c1-3-5-7-9-11-13-21-27-32(29-23-17-15-18-24-29)31-33(30-25-19-16-20-26-30)28-22-14-12-10-8-6-4-2/h15-20,23-26,31H,3-14,21-22,27-28H2,1-2H3. The molecular formula is C30H49N3. The zero-order valence-corrected chi connectivity index (χ0v) is 21.5. The molecule has 3 nitrogen and oxygen atoms in total. The molecule has 0 aliphatic carbocycles. The number of unbranched alkanes of at least 4 members (excludes halogenated alkanes) is 12. The van der Waals surface area contributed by atoms with Gasteiger partial charge in [-0.05, 0) is 37.1 Å². The SMILES string of the molecule is CCCCCCCCCN(NN(CCCCCCCCC)c1ccccc1)c1ccccc1. The first-order chi connectivity index (χ1) is 16.3.